The summed E-state index contributed by atoms with van der Waals surface area (Å²) in [6, 6.07) is 5.30. The minimum Gasteiger partial charge on any atom is -0.494 e. The first kappa shape index (κ1) is 18.5. The van der Waals surface area contributed by atoms with E-state index < -0.39 is 23.7 Å². The molecule has 1 amide bonds. The molecule has 2 N–H and O–H groups in total. The van der Waals surface area contributed by atoms with Gasteiger partial charge < -0.3 is 19.9 Å². The lowest BCUT2D eigenvalue weighted by atomic mass is 10.2. The first-order valence-corrected chi connectivity index (χ1v) is 7.11. The normalized spacial score (nSPS) is 12.1. The number of carbonyl (C=O) groups is 3. The number of benzene rings is 1. The van der Waals surface area contributed by atoms with Crippen molar-refractivity contribution in [3.05, 3.63) is 29.8 Å². The summed E-state index contributed by atoms with van der Waals surface area (Å²) < 4.78 is 10.4. The fourth-order valence-electron chi connectivity index (χ4n) is 1.64. The molecule has 7 nitrogen and oxygen atoms in total. The lowest BCUT2D eigenvalue weighted by Gasteiger charge is -2.22. The fourth-order valence-corrected chi connectivity index (χ4v) is 1.64. The summed E-state index contributed by atoms with van der Waals surface area (Å²) in [7, 11) is 0. The maximum absolute atomic E-state index is 11.6. The highest BCUT2D eigenvalue weighted by atomic mass is 16.6. The van der Waals surface area contributed by atoms with Crippen LogP contribution >= 0.6 is 0 Å². The Morgan fingerprint density at radius 2 is 1.87 bits per heavy atom. The van der Waals surface area contributed by atoms with Gasteiger partial charge in [0.05, 0.1) is 6.61 Å². The summed E-state index contributed by atoms with van der Waals surface area (Å²) in [6.45, 7) is 5.16. The van der Waals surface area contributed by atoms with E-state index in [1.807, 2.05) is 0 Å². The summed E-state index contributed by atoms with van der Waals surface area (Å²) >= 11 is 0. The molecule has 126 valence electrons. The number of amides is 1. The van der Waals surface area contributed by atoms with Gasteiger partial charge in [-0.1, -0.05) is 0 Å². The van der Waals surface area contributed by atoms with Crippen molar-refractivity contribution in [2.75, 3.05) is 6.61 Å². The van der Waals surface area contributed by atoms with Gasteiger partial charge in [-0.2, -0.15) is 0 Å². The Balaban J connectivity index is 2.48. The largest absolute Gasteiger partial charge is 0.494 e. The fraction of sp³-hybridized carbons (Fsp3) is 0.438. The standard InChI is InChI=1S/C16H21NO6/c1-16(2,3)23-15(21)17-13(14(19)20)8-9-22-12-6-4-11(10-18)5-7-12/h4-7,10,13H,8-9H2,1-3H3,(H,17,21)(H,19,20)/t13-/m1/s1. The molecule has 1 rings (SSSR count). The number of aliphatic carboxylic acids is 1. The van der Waals surface area contributed by atoms with Crippen LogP contribution < -0.4 is 10.1 Å². The lowest BCUT2D eigenvalue weighted by molar-refractivity contribution is -0.139. The molecule has 0 bridgehead atoms. The summed E-state index contributed by atoms with van der Waals surface area (Å²) in [5, 5.41) is 11.4. The minimum absolute atomic E-state index is 0.0734. The van der Waals surface area contributed by atoms with Crippen LogP contribution in [0.3, 0.4) is 0 Å². The second-order valence-corrected chi connectivity index (χ2v) is 5.86. The van der Waals surface area contributed by atoms with E-state index in [9.17, 15) is 14.4 Å². The summed E-state index contributed by atoms with van der Waals surface area (Å²) in [5.74, 6) is -0.659. The van der Waals surface area contributed by atoms with E-state index in [0.29, 0.717) is 11.3 Å². The Bertz CT molecular complexity index is 547. The molecule has 0 heterocycles. The molecular weight excluding hydrogens is 302 g/mol. The lowest BCUT2D eigenvalue weighted by Crippen LogP contribution is -2.44. The van der Waals surface area contributed by atoms with Crippen molar-refractivity contribution in [3.8, 4) is 5.75 Å². The average Bonchev–Trinajstić information content (AvgIpc) is 2.44. The third-order valence-electron chi connectivity index (χ3n) is 2.68. The average molecular weight is 323 g/mol. The Morgan fingerprint density at radius 3 is 2.35 bits per heavy atom. The van der Waals surface area contributed by atoms with Gasteiger partial charge in [0.1, 0.15) is 23.7 Å². The molecule has 0 saturated carbocycles. The quantitative estimate of drug-likeness (QED) is 0.746. The van der Waals surface area contributed by atoms with Crippen molar-refractivity contribution in [1.82, 2.24) is 5.32 Å². The van der Waals surface area contributed by atoms with E-state index in [0.717, 1.165) is 6.29 Å². The highest BCUT2D eigenvalue weighted by Crippen LogP contribution is 2.12. The van der Waals surface area contributed by atoms with Gasteiger partial charge in [-0.15, -0.1) is 0 Å². The molecule has 0 radical (unpaired) electrons. The number of rotatable bonds is 7. The van der Waals surface area contributed by atoms with Gasteiger partial charge in [0.2, 0.25) is 0 Å². The van der Waals surface area contributed by atoms with E-state index in [2.05, 4.69) is 5.32 Å². The molecule has 0 aliphatic rings. The Morgan fingerprint density at radius 1 is 1.26 bits per heavy atom. The first-order chi connectivity index (χ1) is 10.7. The van der Waals surface area contributed by atoms with Crippen LogP contribution in [0.4, 0.5) is 4.79 Å². The molecule has 23 heavy (non-hydrogen) atoms. The van der Waals surface area contributed by atoms with E-state index in [1.165, 1.54) is 0 Å². The van der Waals surface area contributed by atoms with E-state index in [-0.39, 0.29) is 13.0 Å². The number of carboxylic acid groups (broad SMARTS) is 1. The highest BCUT2D eigenvalue weighted by molar-refractivity contribution is 5.80. The summed E-state index contributed by atoms with van der Waals surface area (Å²) in [5.41, 5.74) is -0.184. The van der Waals surface area contributed by atoms with E-state index >= 15 is 0 Å². The van der Waals surface area contributed by atoms with E-state index in [4.69, 9.17) is 14.6 Å². The number of hydrogen-bond acceptors (Lipinski definition) is 5. The molecule has 0 unspecified atom stereocenters. The molecule has 0 aromatic heterocycles. The molecule has 7 heteroatoms. The van der Waals surface area contributed by atoms with Crippen LogP contribution in [0, 0.1) is 0 Å². The van der Waals surface area contributed by atoms with Crippen LogP contribution in [-0.2, 0) is 9.53 Å². The van der Waals surface area contributed by atoms with Gasteiger partial charge in [-0.3, -0.25) is 4.79 Å². The molecule has 1 aromatic rings. The number of carboxylic acids is 1. The SMILES string of the molecule is CC(C)(C)OC(=O)N[C@H](CCOc1ccc(C=O)cc1)C(=O)O. The highest BCUT2D eigenvalue weighted by Gasteiger charge is 2.23. The number of alkyl carbamates (subject to hydrolysis) is 1. The first-order valence-electron chi connectivity index (χ1n) is 7.11. The van der Waals surface area contributed by atoms with Gasteiger partial charge in [0, 0.05) is 12.0 Å². The zero-order valence-corrected chi connectivity index (χ0v) is 13.4. The summed E-state index contributed by atoms with van der Waals surface area (Å²) in [6.07, 6.45) is -0.000773. The molecule has 0 fully saturated rings. The Labute approximate surface area is 134 Å². The molecule has 0 spiro atoms. The van der Waals surface area contributed by atoms with Gasteiger partial charge in [-0.25, -0.2) is 9.59 Å². The molecule has 1 aromatic carbocycles. The van der Waals surface area contributed by atoms with Gasteiger partial charge in [-0.05, 0) is 45.0 Å². The molecule has 1 atom stereocenters. The van der Waals surface area contributed by atoms with Gasteiger partial charge >= 0.3 is 12.1 Å². The monoisotopic (exact) mass is 323 g/mol. The number of aldehydes is 1. The molecule has 0 aliphatic heterocycles. The topological polar surface area (TPSA) is 102 Å². The second-order valence-electron chi connectivity index (χ2n) is 5.86. The van der Waals surface area contributed by atoms with Crippen molar-refractivity contribution >= 4 is 18.3 Å². The summed E-state index contributed by atoms with van der Waals surface area (Å²) in [4.78, 5) is 33.3. The number of ether oxygens (including phenoxy) is 2. The third kappa shape index (κ3) is 7.30. The second kappa shape index (κ2) is 8.17. The minimum atomic E-state index is -1.17. The van der Waals surface area contributed by atoms with Gasteiger partial charge in [0.25, 0.3) is 0 Å². The maximum atomic E-state index is 11.6. The van der Waals surface area contributed by atoms with Gasteiger partial charge in [0.15, 0.2) is 0 Å². The zero-order valence-electron chi connectivity index (χ0n) is 13.4. The van der Waals surface area contributed by atoms with Crippen LogP contribution in [-0.4, -0.2) is 41.7 Å². The predicted molar refractivity (Wildman–Crippen MR) is 82.7 cm³/mol. The van der Waals surface area contributed by atoms with Crippen molar-refractivity contribution in [3.63, 3.8) is 0 Å². The van der Waals surface area contributed by atoms with Crippen LogP contribution in [0.25, 0.3) is 0 Å². The number of carbonyl (C=O) groups excluding carboxylic acids is 2. The Kier molecular flexibility index (Phi) is 6.56. The van der Waals surface area contributed by atoms with Crippen LogP contribution in [0.2, 0.25) is 0 Å². The number of hydrogen-bond donors (Lipinski definition) is 2. The van der Waals surface area contributed by atoms with Crippen LogP contribution in [0.15, 0.2) is 24.3 Å². The van der Waals surface area contributed by atoms with Crippen molar-refractivity contribution in [1.29, 1.82) is 0 Å². The van der Waals surface area contributed by atoms with E-state index in [1.54, 1.807) is 45.0 Å². The van der Waals surface area contributed by atoms with Crippen LogP contribution in [0.5, 0.6) is 5.75 Å². The molecule has 0 saturated heterocycles. The van der Waals surface area contributed by atoms with Crippen LogP contribution in [0.1, 0.15) is 37.6 Å². The predicted octanol–water partition coefficient (Wildman–Crippen LogP) is 2.25. The molecular formula is C16H21NO6. The smallest absolute Gasteiger partial charge is 0.408 e. The molecule has 0 aliphatic carbocycles. The number of nitrogens with one attached hydrogen (secondary N) is 1. The third-order valence-corrected chi connectivity index (χ3v) is 2.68. The Hall–Kier alpha value is -2.57. The maximum Gasteiger partial charge on any atom is 0.408 e. The van der Waals surface area contributed by atoms with Crippen molar-refractivity contribution < 1.29 is 29.0 Å². The van der Waals surface area contributed by atoms with Crippen molar-refractivity contribution in [2.45, 2.75) is 38.8 Å². The van der Waals surface area contributed by atoms with Crippen molar-refractivity contribution in [2.24, 2.45) is 0 Å². The zero-order chi connectivity index (χ0) is 17.5.